The van der Waals surface area contributed by atoms with Crippen LogP contribution in [0.1, 0.15) is 33.6 Å². The number of halogens is 1. The molecule has 164 valence electrons. The van der Waals surface area contributed by atoms with Gasteiger partial charge in [-0.3, -0.25) is 0 Å². The fraction of sp³-hybridized carbons (Fsp3) is 0.138. The van der Waals surface area contributed by atoms with E-state index in [1.54, 1.807) is 0 Å². The molecule has 0 spiro atoms. The fourth-order valence-electron chi connectivity index (χ4n) is 3.84. The predicted octanol–water partition coefficient (Wildman–Crippen LogP) is 7.70. The number of hydrogen-bond donors (Lipinski definition) is 0. The second-order valence-corrected chi connectivity index (χ2v) is 8.54. The number of rotatable bonds is 6. The van der Waals surface area contributed by atoms with Gasteiger partial charge in [-0.25, -0.2) is 0 Å². The molecule has 4 heteroatoms. The number of nitriles is 1. The van der Waals surface area contributed by atoms with E-state index in [0.29, 0.717) is 12.2 Å². The van der Waals surface area contributed by atoms with Gasteiger partial charge < -0.3 is 9.30 Å². The third kappa shape index (κ3) is 5.19. The molecule has 0 aliphatic heterocycles. The molecule has 0 aliphatic carbocycles. The lowest BCUT2D eigenvalue weighted by molar-refractivity contribution is 0.306. The summed E-state index contributed by atoms with van der Waals surface area (Å²) < 4.78 is 8.11. The first-order chi connectivity index (χ1) is 15.9. The average Bonchev–Trinajstić information content (AvgIpc) is 3.10. The summed E-state index contributed by atoms with van der Waals surface area (Å²) in [6.45, 7) is 6.69. The molecule has 4 rings (SSSR count). The number of aryl methyl sites for hydroxylation is 2. The van der Waals surface area contributed by atoms with Gasteiger partial charge in [-0.2, -0.15) is 5.26 Å². The van der Waals surface area contributed by atoms with Gasteiger partial charge in [-0.15, -0.1) is 0 Å². The highest BCUT2D eigenvalue weighted by atomic mass is 35.5. The van der Waals surface area contributed by atoms with Gasteiger partial charge >= 0.3 is 0 Å². The highest BCUT2D eigenvalue weighted by Crippen LogP contribution is 2.27. The van der Waals surface area contributed by atoms with E-state index in [2.05, 4.69) is 42.7 Å². The van der Waals surface area contributed by atoms with Crippen molar-refractivity contribution in [1.29, 1.82) is 5.26 Å². The van der Waals surface area contributed by atoms with Gasteiger partial charge in [0.2, 0.25) is 0 Å². The Morgan fingerprint density at radius 2 is 1.61 bits per heavy atom. The summed E-state index contributed by atoms with van der Waals surface area (Å²) in [6, 6.07) is 28.2. The van der Waals surface area contributed by atoms with Crippen molar-refractivity contribution in [2.75, 3.05) is 0 Å². The molecular weight excluding hydrogens is 428 g/mol. The van der Waals surface area contributed by atoms with Gasteiger partial charge in [0.15, 0.2) is 0 Å². The molecule has 4 aromatic rings. The molecule has 0 aliphatic rings. The minimum absolute atomic E-state index is 0.489. The second-order valence-electron chi connectivity index (χ2n) is 8.11. The molecule has 0 radical (unpaired) electrons. The SMILES string of the molecule is Cc1ccc(/C(C#N)=C\c2cc(C)n(-c3ccc(OCc4ccc(Cl)cc4)cc3)c2C)cc1. The lowest BCUT2D eigenvalue weighted by atomic mass is 10.0. The number of ether oxygens (including phenoxy) is 1. The second kappa shape index (κ2) is 9.81. The van der Waals surface area contributed by atoms with Crippen molar-refractivity contribution >= 4 is 23.3 Å². The maximum absolute atomic E-state index is 9.73. The van der Waals surface area contributed by atoms with Gasteiger partial charge in [0.05, 0.1) is 11.6 Å². The van der Waals surface area contributed by atoms with Crippen molar-refractivity contribution in [3.63, 3.8) is 0 Å². The van der Waals surface area contributed by atoms with E-state index in [4.69, 9.17) is 16.3 Å². The van der Waals surface area contributed by atoms with E-state index in [9.17, 15) is 5.26 Å². The van der Waals surface area contributed by atoms with Crippen LogP contribution < -0.4 is 4.74 Å². The summed E-state index contributed by atoms with van der Waals surface area (Å²) >= 11 is 5.94. The standard InChI is InChI=1S/C29H25ClN2O/c1-20-4-8-24(9-5-20)26(18-31)17-25-16-21(2)32(22(25)3)28-12-14-29(15-13-28)33-19-23-6-10-27(30)11-7-23/h4-17H,19H2,1-3H3/b26-17-. The Balaban J connectivity index is 1.55. The molecule has 1 aromatic heterocycles. The smallest absolute Gasteiger partial charge is 0.119 e. The van der Waals surface area contributed by atoms with Gasteiger partial charge in [-0.1, -0.05) is 53.6 Å². The molecule has 0 unspecified atom stereocenters. The zero-order valence-corrected chi connectivity index (χ0v) is 19.7. The van der Waals surface area contributed by atoms with E-state index in [-0.39, 0.29) is 0 Å². The summed E-state index contributed by atoms with van der Waals surface area (Å²) in [4.78, 5) is 0. The van der Waals surface area contributed by atoms with Crippen molar-refractivity contribution in [1.82, 2.24) is 4.57 Å². The van der Waals surface area contributed by atoms with E-state index in [0.717, 1.165) is 44.5 Å². The average molecular weight is 453 g/mol. The molecule has 0 bridgehead atoms. The summed E-state index contributed by atoms with van der Waals surface area (Å²) in [5, 5.41) is 10.4. The summed E-state index contributed by atoms with van der Waals surface area (Å²) in [5.74, 6) is 0.808. The largest absolute Gasteiger partial charge is 0.489 e. The zero-order chi connectivity index (χ0) is 23.4. The Morgan fingerprint density at radius 3 is 2.24 bits per heavy atom. The first-order valence-corrected chi connectivity index (χ1v) is 11.2. The number of hydrogen-bond acceptors (Lipinski definition) is 2. The van der Waals surface area contributed by atoms with Crippen LogP contribution in [0.2, 0.25) is 5.02 Å². The first-order valence-electron chi connectivity index (χ1n) is 10.8. The van der Waals surface area contributed by atoms with Crippen LogP contribution in [0.4, 0.5) is 0 Å². The lowest BCUT2D eigenvalue weighted by Crippen LogP contribution is -2.00. The Kier molecular flexibility index (Phi) is 6.68. The van der Waals surface area contributed by atoms with Crippen molar-refractivity contribution in [2.45, 2.75) is 27.4 Å². The van der Waals surface area contributed by atoms with E-state index in [1.807, 2.05) is 73.7 Å². The molecule has 3 nitrogen and oxygen atoms in total. The minimum atomic E-state index is 0.489. The normalized spacial score (nSPS) is 11.3. The lowest BCUT2D eigenvalue weighted by Gasteiger charge is -2.12. The quantitative estimate of drug-likeness (QED) is 0.281. The van der Waals surface area contributed by atoms with Crippen molar-refractivity contribution in [3.8, 4) is 17.5 Å². The zero-order valence-electron chi connectivity index (χ0n) is 19.0. The van der Waals surface area contributed by atoms with Gasteiger partial charge in [0.25, 0.3) is 0 Å². The molecule has 3 aromatic carbocycles. The molecule has 0 atom stereocenters. The highest BCUT2D eigenvalue weighted by Gasteiger charge is 2.11. The Hall–Kier alpha value is -3.74. The molecule has 0 saturated heterocycles. The Bertz CT molecular complexity index is 1320. The minimum Gasteiger partial charge on any atom is -0.489 e. The number of benzene rings is 3. The number of nitrogens with zero attached hydrogens (tertiary/aromatic N) is 2. The Labute approximate surface area is 200 Å². The summed E-state index contributed by atoms with van der Waals surface area (Å²) in [6.07, 6.45) is 1.97. The van der Waals surface area contributed by atoms with Crippen LogP contribution in [0.15, 0.2) is 78.9 Å². The van der Waals surface area contributed by atoms with E-state index >= 15 is 0 Å². The molecule has 1 heterocycles. The van der Waals surface area contributed by atoms with Crippen LogP contribution in [0, 0.1) is 32.1 Å². The number of allylic oxidation sites excluding steroid dienone is 1. The first kappa shape index (κ1) is 22.5. The van der Waals surface area contributed by atoms with Crippen LogP contribution in [0.3, 0.4) is 0 Å². The Morgan fingerprint density at radius 1 is 0.939 bits per heavy atom. The molecule has 0 saturated carbocycles. The molecular formula is C29H25ClN2O. The van der Waals surface area contributed by atoms with Crippen LogP contribution in [-0.2, 0) is 6.61 Å². The maximum atomic E-state index is 9.73. The van der Waals surface area contributed by atoms with E-state index in [1.165, 1.54) is 5.56 Å². The molecule has 0 amide bonds. The third-order valence-corrected chi connectivity index (χ3v) is 5.92. The molecule has 0 fully saturated rings. The van der Waals surface area contributed by atoms with Gasteiger partial charge in [0, 0.05) is 22.1 Å². The third-order valence-electron chi connectivity index (χ3n) is 5.67. The van der Waals surface area contributed by atoms with Crippen LogP contribution in [-0.4, -0.2) is 4.57 Å². The molecule has 0 N–H and O–H groups in total. The number of aromatic nitrogens is 1. The fourth-order valence-corrected chi connectivity index (χ4v) is 3.96. The summed E-state index contributed by atoms with van der Waals surface area (Å²) in [5.41, 5.74) is 8.10. The van der Waals surface area contributed by atoms with Crippen molar-refractivity contribution in [3.05, 3.63) is 118 Å². The van der Waals surface area contributed by atoms with E-state index < -0.39 is 0 Å². The van der Waals surface area contributed by atoms with Crippen molar-refractivity contribution in [2.24, 2.45) is 0 Å². The topological polar surface area (TPSA) is 38.0 Å². The molecule has 33 heavy (non-hydrogen) atoms. The summed E-state index contributed by atoms with van der Waals surface area (Å²) in [7, 11) is 0. The van der Waals surface area contributed by atoms with Gasteiger partial charge in [-0.05, 0) is 86.0 Å². The van der Waals surface area contributed by atoms with Crippen LogP contribution >= 0.6 is 11.6 Å². The highest BCUT2D eigenvalue weighted by molar-refractivity contribution is 6.30. The predicted molar refractivity (Wildman–Crippen MR) is 136 cm³/mol. The van der Waals surface area contributed by atoms with Crippen LogP contribution in [0.25, 0.3) is 17.3 Å². The monoisotopic (exact) mass is 452 g/mol. The van der Waals surface area contributed by atoms with Crippen molar-refractivity contribution < 1.29 is 4.74 Å². The van der Waals surface area contributed by atoms with Crippen LogP contribution in [0.5, 0.6) is 5.75 Å². The maximum Gasteiger partial charge on any atom is 0.119 e. The van der Waals surface area contributed by atoms with Gasteiger partial charge in [0.1, 0.15) is 12.4 Å².